The summed E-state index contributed by atoms with van der Waals surface area (Å²) in [6, 6.07) is 0.528. The molecule has 1 fully saturated rings. The molecule has 2 aromatic heterocycles. The normalized spacial score (nSPS) is 18.6. The Morgan fingerprint density at radius 2 is 2.23 bits per heavy atom. The van der Waals surface area contributed by atoms with Crippen molar-refractivity contribution >= 4 is 29.1 Å². The lowest BCUT2D eigenvalue weighted by Crippen LogP contribution is -2.31. The first kappa shape index (κ1) is 15.1. The molecule has 1 saturated heterocycles. The van der Waals surface area contributed by atoms with Gasteiger partial charge in [0.2, 0.25) is 5.95 Å². The fraction of sp³-hybridized carbons (Fsp3) is 0.500. The molecule has 0 saturated carbocycles. The highest BCUT2D eigenvalue weighted by molar-refractivity contribution is 6.32. The second-order valence-corrected chi connectivity index (χ2v) is 5.98. The van der Waals surface area contributed by atoms with Crippen LogP contribution in [0.15, 0.2) is 18.6 Å². The van der Waals surface area contributed by atoms with Crippen LogP contribution in [0, 0.1) is 0 Å². The Hall–Kier alpha value is -1.86. The molecule has 0 bridgehead atoms. The maximum atomic E-state index is 6.18. The van der Waals surface area contributed by atoms with Crippen LogP contribution in [0.3, 0.4) is 0 Å². The van der Waals surface area contributed by atoms with Gasteiger partial charge in [-0.2, -0.15) is 10.1 Å². The molecule has 0 aromatic carbocycles. The van der Waals surface area contributed by atoms with Gasteiger partial charge < -0.3 is 15.5 Å². The lowest BCUT2D eigenvalue weighted by molar-refractivity contribution is 0.322. The number of aryl methyl sites for hydroxylation is 1. The van der Waals surface area contributed by atoms with E-state index in [1.165, 1.54) is 12.8 Å². The van der Waals surface area contributed by atoms with Gasteiger partial charge in [-0.25, -0.2) is 4.98 Å². The third-order valence-corrected chi connectivity index (χ3v) is 4.16. The Labute approximate surface area is 134 Å². The maximum absolute atomic E-state index is 6.18. The zero-order valence-corrected chi connectivity index (χ0v) is 13.5. The summed E-state index contributed by atoms with van der Waals surface area (Å²) < 4.78 is 1.72. The standard InChI is InChI=1S/C14H20ClN7/c1-21-5-3-4-11(21)7-16-13-12(15)8-17-14(20-13)19-10-6-18-22(2)9-10/h6,8-9,11H,3-5,7H2,1-2H3,(H2,16,17,19,20). The Bertz CT molecular complexity index is 642. The molecule has 0 aliphatic carbocycles. The molecule has 2 N–H and O–H groups in total. The summed E-state index contributed by atoms with van der Waals surface area (Å²) in [7, 11) is 4.01. The molecule has 2 aromatic rings. The number of anilines is 3. The highest BCUT2D eigenvalue weighted by Crippen LogP contribution is 2.22. The van der Waals surface area contributed by atoms with Crippen LogP contribution in [0.25, 0.3) is 0 Å². The number of rotatable bonds is 5. The molecule has 1 aliphatic heterocycles. The predicted molar refractivity (Wildman–Crippen MR) is 87.7 cm³/mol. The summed E-state index contributed by atoms with van der Waals surface area (Å²) in [4.78, 5) is 11.0. The highest BCUT2D eigenvalue weighted by atomic mass is 35.5. The van der Waals surface area contributed by atoms with E-state index in [-0.39, 0.29) is 0 Å². The SMILES string of the molecule is CN1CCCC1CNc1nc(Nc2cnn(C)c2)ncc1Cl. The summed E-state index contributed by atoms with van der Waals surface area (Å²) in [6.07, 6.45) is 7.63. The summed E-state index contributed by atoms with van der Waals surface area (Å²) in [6.45, 7) is 1.98. The van der Waals surface area contributed by atoms with E-state index in [0.29, 0.717) is 22.8 Å². The van der Waals surface area contributed by atoms with Crippen LogP contribution in [0.2, 0.25) is 5.02 Å². The van der Waals surface area contributed by atoms with E-state index in [9.17, 15) is 0 Å². The van der Waals surface area contributed by atoms with Gasteiger partial charge in [-0.1, -0.05) is 11.6 Å². The summed E-state index contributed by atoms with van der Waals surface area (Å²) in [5.41, 5.74) is 0.839. The van der Waals surface area contributed by atoms with E-state index >= 15 is 0 Å². The van der Waals surface area contributed by atoms with Crippen molar-refractivity contribution in [2.75, 3.05) is 30.8 Å². The van der Waals surface area contributed by atoms with Crippen LogP contribution in [0.4, 0.5) is 17.5 Å². The Morgan fingerprint density at radius 3 is 2.91 bits per heavy atom. The summed E-state index contributed by atoms with van der Waals surface area (Å²) >= 11 is 6.18. The van der Waals surface area contributed by atoms with Crippen molar-refractivity contribution in [1.82, 2.24) is 24.6 Å². The lowest BCUT2D eigenvalue weighted by Gasteiger charge is -2.20. The largest absolute Gasteiger partial charge is 0.367 e. The monoisotopic (exact) mass is 321 g/mol. The van der Waals surface area contributed by atoms with E-state index in [1.807, 2.05) is 13.2 Å². The lowest BCUT2D eigenvalue weighted by atomic mass is 10.2. The van der Waals surface area contributed by atoms with Gasteiger partial charge in [-0.3, -0.25) is 4.68 Å². The Balaban J connectivity index is 1.66. The van der Waals surface area contributed by atoms with Gasteiger partial charge in [0.05, 0.1) is 18.1 Å². The van der Waals surface area contributed by atoms with Crippen molar-refractivity contribution in [3.8, 4) is 0 Å². The molecule has 0 amide bonds. The third-order valence-electron chi connectivity index (χ3n) is 3.88. The number of hydrogen-bond donors (Lipinski definition) is 2. The maximum Gasteiger partial charge on any atom is 0.229 e. The van der Waals surface area contributed by atoms with Crippen LogP contribution >= 0.6 is 11.6 Å². The van der Waals surface area contributed by atoms with E-state index in [4.69, 9.17) is 11.6 Å². The smallest absolute Gasteiger partial charge is 0.229 e. The first-order chi connectivity index (χ1) is 10.6. The van der Waals surface area contributed by atoms with E-state index < -0.39 is 0 Å². The molecule has 0 spiro atoms. The third kappa shape index (κ3) is 3.48. The van der Waals surface area contributed by atoms with E-state index in [1.54, 1.807) is 17.1 Å². The van der Waals surface area contributed by atoms with Crippen LogP contribution in [-0.4, -0.2) is 50.8 Å². The van der Waals surface area contributed by atoms with Crippen molar-refractivity contribution in [3.05, 3.63) is 23.6 Å². The van der Waals surface area contributed by atoms with Crippen molar-refractivity contribution in [2.45, 2.75) is 18.9 Å². The minimum atomic E-state index is 0.500. The van der Waals surface area contributed by atoms with Gasteiger partial charge in [0.25, 0.3) is 0 Å². The molecular weight excluding hydrogens is 302 g/mol. The number of likely N-dealkylation sites (N-methyl/N-ethyl adjacent to an activating group) is 1. The van der Waals surface area contributed by atoms with Crippen LogP contribution < -0.4 is 10.6 Å². The molecule has 3 heterocycles. The number of aromatic nitrogens is 4. The fourth-order valence-electron chi connectivity index (χ4n) is 2.62. The van der Waals surface area contributed by atoms with Crippen molar-refractivity contribution in [3.63, 3.8) is 0 Å². The van der Waals surface area contributed by atoms with Crippen LogP contribution in [-0.2, 0) is 7.05 Å². The van der Waals surface area contributed by atoms with E-state index in [0.717, 1.165) is 18.8 Å². The van der Waals surface area contributed by atoms with Gasteiger partial charge in [-0.05, 0) is 26.4 Å². The van der Waals surface area contributed by atoms with E-state index in [2.05, 4.69) is 37.6 Å². The van der Waals surface area contributed by atoms with Crippen molar-refractivity contribution in [1.29, 1.82) is 0 Å². The highest BCUT2D eigenvalue weighted by Gasteiger charge is 2.20. The first-order valence-electron chi connectivity index (χ1n) is 7.34. The number of nitrogens with zero attached hydrogens (tertiary/aromatic N) is 5. The summed E-state index contributed by atoms with van der Waals surface area (Å²) in [5, 5.41) is 11.1. The summed E-state index contributed by atoms with van der Waals surface area (Å²) in [5.74, 6) is 1.16. The first-order valence-corrected chi connectivity index (χ1v) is 7.72. The van der Waals surface area contributed by atoms with Gasteiger partial charge in [0.15, 0.2) is 5.82 Å². The molecule has 1 atom stereocenters. The van der Waals surface area contributed by atoms with Gasteiger partial charge >= 0.3 is 0 Å². The molecular formula is C14H20ClN7. The molecule has 3 rings (SSSR count). The average molecular weight is 322 g/mol. The van der Waals surface area contributed by atoms with Gasteiger partial charge in [0.1, 0.15) is 5.02 Å². The number of hydrogen-bond acceptors (Lipinski definition) is 6. The van der Waals surface area contributed by atoms with Gasteiger partial charge in [-0.15, -0.1) is 0 Å². The second kappa shape index (κ2) is 6.50. The van der Waals surface area contributed by atoms with Crippen molar-refractivity contribution in [2.24, 2.45) is 7.05 Å². The zero-order chi connectivity index (χ0) is 15.5. The Kier molecular flexibility index (Phi) is 4.44. The number of likely N-dealkylation sites (tertiary alicyclic amines) is 1. The van der Waals surface area contributed by atoms with Crippen molar-refractivity contribution < 1.29 is 0 Å². The number of nitrogens with one attached hydrogen (secondary N) is 2. The van der Waals surface area contributed by atoms with Crippen LogP contribution in [0.1, 0.15) is 12.8 Å². The molecule has 8 heteroatoms. The molecule has 118 valence electrons. The molecule has 1 aliphatic rings. The average Bonchev–Trinajstić information content (AvgIpc) is 3.08. The molecule has 0 radical (unpaired) electrons. The second-order valence-electron chi connectivity index (χ2n) is 5.58. The zero-order valence-electron chi connectivity index (χ0n) is 12.8. The minimum Gasteiger partial charge on any atom is -0.367 e. The molecule has 22 heavy (non-hydrogen) atoms. The topological polar surface area (TPSA) is 70.9 Å². The molecule has 1 unspecified atom stereocenters. The minimum absolute atomic E-state index is 0.500. The Morgan fingerprint density at radius 1 is 1.36 bits per heavy atom. The quantitative estimate of drug-likeness (QED) is 0.879. The fourth-order valence-corrected chi connectivity index (χ4v) is 2.78. The predicted octanol–water partition coefficient (Wildman–Crippen LogP) is 2.11. The molecule has 7 nitrogen and oxygen atoms in total. The van der Waals surface area contributed by atoms with Gasteiger partial charge in [0, 0.05) is 25.8 Å². The number of halogens is 1. The van der Waals surface area contributed by atoms with Crippen LogP contribution in [0.5, 0.6) is 0 Å².